The van der Waals surface area contributed by atoms with Crippen molar-refractivity contribution in [3.63, 3.8) is 0 Å². The molecule has 7 N–H and O–H groups in total. The summed E-state index contributed by atoms with van der Waals surface area (Å²) in [6, 6.07) is -4.43. The van der Waals surface area contributed by atoms with Crippen molar-refractivity contribution in [1.82, 2.24) is 16.0 Å². The molecule has 0 aliphatic carbocycles. The van der Waals surface area contributed by atoms with Gasteiger partial charge in [0, 0.05) is 5.75 Å². The van der Waals surface area contributed by atoms with E-state index in [1.807, 2.05) is 0 Å². The van der Waals surface area contributed by atoms with Crippen LogP contribution < -0.4 is 21.7 Å². The predicted molar refractivity (Wildman–Crippen MR) is 92.9 cm³/mol. The van der Waals surface area contributed by atoms with Gasteiger partial charge in [-0.2, -0.15) is 12.6 Å². The van der Waals surface area contributed by atoms with Crippen LogP contribution in [0.5, 0.6) is 0 Å². The first-order valence-corrected chi connectivity index (χ1v) is 8.29. The molecule has 144 valence electrons. The standard InChI is InChI=1S/C14H26N4O6S/c1-6(2)10(13(22)17-9(5-25)14(23)24)18-12(21)8(4-19)16-11(20)7(3)15/h6-10,19,25H,4-5,15H2,1-3H3,(H,16,20)(H,17,22)(H,18,21)(H,23,24). The molecule has 4 atom stereocenters. The zero-order chi connectivity index (χ0) is 19.7. The van der Waals surface area contributed by atoms with Crippen LogP contribution in [-0.4, -0.2) is 70.4 Å². The fourth-order valence-corrected chi connectivity index (χ4v) is 1.98. The fraction of sp³-hybridized carbons (Fsp3) is 0.714. The molecule has 0 fully saturated rings. The second-order valence-electron chi connectivity index (χ2n) is 5.84. The number of hydrogen-bond acceptors (Lipinski definition) is 7. The zero-order valence-electron chi connectivity index (χ0n) is 14.4. The number of aliphatic hydroxyl groups excluding tert-OH is 1. The number of carbonyl (C=O) groups excluding carboxylic acids is 3. The molecule has 0 aromatic rings. The van der Waals surface area contributed by atoms with Gasteiger partial charge in [0.15, 0.2) is 0 Å². The number of carboxylic acids is 1. The van der Waals surface area contributed by atoms with E-state index in [1.54, 1.807) is 13.8 Å². The Hall–Kier alpha value is -1.85. The first-order chi connectivity index (χ1) is 11.5. The molecular weight excluding hydrogens is 352 g/mol. The quantitative estimate of drug-likeness (QED) is 0.205. The average Bonchev–Trinajstić information content (AvgIpc) is 2.53. The van der Waals surface area contributed by atoms with Crippen molar-refractivity contribution in [2.45, 2.75) is 44.9 Å². The largest absolute Gasteiger partial charge is 0.480 e. The number of rotatable bonds is 10. The van der Waals surface area contributed by atoms with E-state index >= 15 is 0 Å². The van der Waals surface area contributed by atoms with Gasteiger partial charge < -0.3 is 31.9 Å². The molecular formula is C14H26N4O6S. The van der Waals surface area contributed by atoms with E-state index in [4.69, 9.17) is 10.8 Å². The van der Waals surface area contributed by atoms with Gasteiger partial charge >= 0.3 is 5.97 Å². The minimum atomic E-state index is -1.28. The lowest BCUT2D eigenvalue weighted by molar-refractivity contribution is -0.142. The molecule has 0 aromatic carbocycles. The van der Waals surface area contributed by atoms with Gasteiger partial charge in [0.05, 0.1) is 12.6 Å². The summed E-state index contributed by atoms with van der Waals surface area (Å²) < 4.78 is 0. The van der Waals surface area contributed by atoms with Crippen LogP contribution >= 0.6 is 12.6 Å². The summed E-state index contributed by atoms with van der Waals surface area (Å²) >= 11 is 3.85. The molecule has 0 spiro atoms. The molecule has 0 saturated carbocycles. The van der Waals surface area contributed by atoms with Gasteiger partial charge in [-0.25, -0.2) is 4.79 Å². The number of carbonyl (C=O) groups is 4. The highest BCUT2D eigenvalue weighted by molar-refractivity contribution is 7.80. The van der Waals surface area contributed by atoms with Crippen molar-refractivity contribution < 1.29 is 29.4 Å². The Morgan fingerprint density at radius 1 is 0.960 bits per heavy atom. The molecule has 11 heteroatoms. The summed E-state index contributed by atoms with van der Waals surface area (Å²) in [4.78, 5) is 47.0. The van der Waals surface area contributed by atoms with Crippen molar-refractivity contribution >= 4 is 36.3 Å². The topological polar surface area (TPSA) is 171 Å². The molecule has 0 aromatic heterocycles. The lowest BCUT2D eigenvalue weighted by Gasteiger charge is -2.26. The summed E-state index contributed by atoms with van der Waals surface area (Å²) in [5.41, 5.74) is 5.38. The molecule has 0 aliphatic heterocycles. The summed E-state index contributed by atoms with van der Waals surface area (Å²) in [6.45, 7) is 4.02. The third-order valence-electron chi connectivity index (χ3n) is 3.27. The maximum Gasteiger partial charge on any atom is 0.327 e. The first kappa shape index (κ1) is 23.1. The maximum atomic E-state index is 12.2. The number of carboxylic acid groups (broad SMARTS) is 1. The SMILES string of the molecule is CC(N)C(=O)NC(CO)C(=O)NC(C(=O)NC(CS)C(=O)O)C(C)C. The van der Waals surface area contributed by atoms with Crippen molar-refractivity contribution in [3.8, 4) is 0 Å². The van der Waals surface area contributed by atoms with Crippen LogP contribution in [-0.2, 0) is 19.2 Å². The van der Waals surface area contributed by atoms with Crippen LogP contribution in [0.25, 0.3) is 0 Å². The van der Waals surface area contributed by atoms with E-state index in [9.17, 15) is 24.3 Å². The highest BCUT2D eigenvalue weighted by atomic mass is 32.1. The van der Waals surface area contributed by atoms with Gasteiger partial charge in [-0.1, -0.05) is 13.8 Å². The molecule has 0 rings (SSSR count). The van der Waals surface area contributed by atoms with Crippen molar-refractivity contribution in [2.24, 2.45) is 11.7 Å². The van der Waals surface area contributed by atoms with Crippen LogP contribution in [0.1, 0.15) is 20.8 Å². The van der Waals surface area contributed by atoms with Crippen molar-refractivity contribution in [3.05, 3.63) is 0 Å². The molecule has 0 aliphatic rings. The van der Waals surface area contributed by atoms with Gasteiger partial charge in [-0.05, 0) is 12.8 Å². The Balaban J connectivity index is 5.04. The Morgan fingerprint density at radius 2 is 1.48 bits per heavy atom. The highest BCUT2D eigenvalue weighted by Crippen LogP contribution is 2.04. The number of aliphatic hydroxyl groups is 1. The van der Waals surface area contributed by atoms with Gasteiger partial charge in [-0.3, -0.25) is 14.4 Å². The summed E-state index contributed by atoms with van der Waals surface area (Å²) in [5.74, 6) is -3.89. The second kappa shape index (κ2) is 10.9. The lowest BCUT2D eigenvalue weighted by Crippen LogP contribution is -2.59. The summed E-state index contributed by atoms with van der Waals surface area (Å²) in [5, 5.41) is 25.1. The normalized spacial score (nSPS) is 15.6. The third kappa shape index (κ3) is 7.71. The smallest absolute Gasteiger partial charge is 0.327 e. The van der Waals surface area contributed by atoms with Crippen LogP contribution in [0, 0.1) is 5.92 Å². The average molecular weight is 378 g/mol. The van der Waals surface area contributed by atoms with E-state index in [0.29, 0.717) is 0 Å². The Morgan fingerprint density at radius 3 is 1.84 bits per heavy atom. The van der Waals surface area contributed by atoms with Crippen LogP contribution in [0.2, 0.25) is 0 Å². The van der Waals surface area contributed by atoms with Gasteiger partial charge in [-0.15, -0.1) is 0 Å². The van der Waals surface area contributed by atoms with Gasteiger partial charge in [0.1, 0.15) is 18.1 Å². The van der Waals surface area contributed by atoms with Crippen molar-refractivity contribution in [1.29, 1.82) is 0 Å². The monoisotopic (exact) mass is 378 g/mol. The van der Waals surface area contributed by atoms with E-state index in [1.165, 1.54) is 6.92 Å². The fourth-order valence-electron chi connectivity index (χ4n) is 1.73. The maximum absolute atomic E-state index is 12.2. The first-order valence-electron chi connectivity index (χ1n) is 7.66. The molecule has 10 nitrogen and oxygen atoms in total. The van der Waals surface area contributed by atoms with Crippen LogP contribution in [0.4, 0.5) is 0 Å². The Bertz CT molecular complexity index is 500. The zero-order valence-corrected chi connectivity index (χ0v) is 15.2. The van der Waals surface area contributed by atoms with E-state index < -0.39 is 54.5 Å². The third-order valence-corrected chi connectivity index (χ3v) is 3.64. The van der Waals surface area contributed by atoms with Crippen molar-refractivity contribution in [2.75, 3.05) is 12.4 Å². The molecule has 4 unspecified atom stereocenters. The number of nitrogens with two attached hydrogens (primary N) is 1. The molecule has 25 heavy (non-hydrogen) atoms. The van der Waals surface area contributed by atoms with Crippen LogP contribution in [0.3, 0.4) is 0 Å². The number of aliphatic carboxylic acids is 1. The predicted octanol–water partition coefficient (Wildman–Crippen LogP) is -2.55. The number of thiol groups is 1. The molecule has 0 saturated heterocycles. The molecule has 0 bridgehead atoms. The summed E-state index contributed by atoms with van der Waals surface area (Å²) in [6.07, 6.45) is 0. The minimum absolute atomic E-state index is 0.121. The highest BCUT2D eigenvalue weighted by Gasteiger charge is 2.30. The second-order valence-corrected chi connectivity index (χ2v) is 6.21. The number of nitrogens with one attached hydrogen (secondary N) is 3. The van der Waals surface area contributed by atoms with Gasteiger partial charge in [0.2, 0.25) is 17.7 Å². The van der Waals surface area contributed by atoms with Gasteiger partial charge in [0.25, 0.3) is 0 Å². The molecule has 3 amide bonds. The number of hydrogen-bond donors (Lipinski definition) is 7. The lowest BCUT2D eigenvalue weighted by atomic mass is 10.0. The summed E-state index contributed by atoms with van der Waals surface area (Å²) in [7, 11) is 0. The molecule has 0 radical (unpaired) electrons. The van der Waals surface area contributed by atoms with E-state index in [0.717, 1.165) is 0 Å². The van der Waals surface area contributed by atoms with E-state index in [-0.39, 0.29) is 11.7 Å². The number of amides is 3. The van der Waals surface area contributed by atoms with Crippen LogP contribution in [0.15, 0.2) is 0 Å². The van der Waals surface area contributed by atoms with E-state index in [2.05, 4.69) is 28.6 Å². The minimum Gasteiger partial charge on any atom is -0.480 e. The Labute approximate surface area is 151 Å². The molecule has 0 heterocycles. The Kier molecular flexibility index (Phi) is 10.1.